The summed E-state index contributed by atoms with van der Waals surface area (Å²) in [6, 6.07) is 13.0. The zero-order valence-corrected chi connectivity index (χ0v) is 21.8. The van der Waals surface area contributed by atoms with E-state index >= 15 is 0 Å². The Hall–Kier alpha value is -4.42. The molecular formula is C27H27N7O5. The maximum atomic E-state index is 13.0. The lowest BCUT2D eigenvalue weighted by atomic mass is 10.1. The predicted octanol–water partition coefficient (Wildman–Crippen LogP) is 3.30. The third-order valence-corrected chi connectivity index (χ3v) is 6.44. The number of amides is 1. The summed E-state index contributed by atoms with van der Waals surface area (Å²) in [5.74, 6) is 1.31. The van der Waals surface area contributed by atoms with Gasteiger partial charge in [0.05, 0.1) is 23.5 Å². The molecule has 5 aromatic rings. The molecular weight excluding hydrogens is 502 g/mol. The lowest BCUT2D eigenvalue weighted by molar-refractivity contribution is -0.0586. The Balaban J connectivity index is 1.25. The zero-order chi connectivity index (χ0) is 26.9. The molecule has 0 saturated carbocycles. The normalized spacial score (nSPS) is 17.7. The van der Waals surface area contributed by atoms with Gasteiger partial charge in [-0.1, -0.05) is 23.4 Å². The first kappa shape index (κ1) is 24.9. The second kappa shape index (κ2) is 10.4. The number of fused-ring (bicyclic) bond motifs is 3. The van der Waals surface area contributed by atoms with E-state index in [1.807, 2.05) is 38.1 Å². The van der Waals surface area contributed by atoms with Crippen LogP contribution in [0.25, 0.3) is 27.9 Å². The van der Waals surface area contributed by atoms with Gasteiger partial charge in [0.25, 0.3) is 5.91 Å². The number of ether oxygens (including phenoxy) is 3. The van der Waals surface area contributed by atoms with Gasteiger partial charge in [-0.25, -0.2) is 0 Å². The van der Waals surface area contributed by atoms with Crippen LogP contribution in [0.1, 0.15) is 35.7 Å². The molecule has 12 heteroatoms. The first-order valence-electron chi connectivity index (χ1n) is 12.6. The molecule has 1 aliphatic heterocycles. The number of benzene rings is 1. The molecule has 1 fully saturated rings. The highest BCUT2D eigenvalue weighted by Gasteiger charge is 2.27. The van der Waals surface area contributed by atoms with Crippen LogP contribution >= 0.6 is 0 Å². The molecule has 1 saturated heterocycles. The number of carbonyl (C=O) groups is 1. The quantitative estimate of drug-likeness (QED) is 0.309. The molecule has 2 unspecified atom stereocenters. The highest BCUT2D eigenvalue weighted by molar-refractivity contribution is 5.97. The second-order valence-corrected chi connectivity index (χ2v) is 9.52. The number of carbonyl (C=O) groups excluding carboxylic acids is 1. The van der Waals surface area contributed by atoms with Crippen LogP contribution in [0.2, 0.25) is 0 Å². The molecule has 12 nitrogen and oxygen atoms in total. The summed E-state index contributed by atoms with van der Waals surface area (Å²) < 4.78 is 23.9. The molecule has 39 heavy (non-hydrogen) atoms. The van der Waals surface area contributed by atoms with Crippen molar-refractivity contribution in [2.75, 3.05) is 20.2 Å². The molecule has 0 radical (unpaired) electrons. The maximum absolute atomic E-state index is 13.0. The predicted molar refractivity (Wildman–Crippen MR) is 139 cm³/mol. The van der Waals surface area contributed by atoms with Gasteiger partial charge in [0.1, 0.15) is 13.2 Å². The summed E-state index contributed by atoms with van der Waals surface area (Å²) in [5.41, 5.74) is 2.23. The second-order valence-electron chi connectivity index (χ2n) is 9.52. The van der Waals surface area contributed by atoms with Crippen molar-refractivity contribution >= 4 is 22.3 Å². The topological polar surface area (TPSA) is 130 Å². The van der Waals surface area contributed by atoms with E-state index in [1.54, 1.807) is 40.9 Å². The van der Waals surface area contributed by atoms with Crippen LogP contribution in [0.5, 0.6) is 5.88 Å². The molecule has 0 N–H and O–H groups in total. The summed E-state index contributed by atoms with van der Waals surface area (Å²) >= 11 is 0. The van der Waals surface area contributed by atoms with Crippen molar-refractivity contribution in [3.8, 4) is 17.4 Å². The molecule has 4 aromatic heterocycles. The summed E-state index contributed by atoms with van der Waals surface area (Å²) in [5, 5.41) is 19.0. The summed E-state index contributed by atoms with van der Waals surface area (Å²) in [6.07, 6.45) is 1.59. The van der Waals surface area contributed by atoms with Gasteiger partial charge < -0.3 is 23.6 Å². The lowest BCUT2D eigenvalue weighted by Crippen LogP contribution is -2.48. The Kier molecular flexibility index (Phi) is 6.63. The number of hydrogen-bond donors (Lipinski definition) is 0. The van der Waals surface area contributed by atoms with E-state index in [0.717, 1.165) is 10.8 Å². The van der Waals surface area contributed by atoms with Gasteiger partial charge in [0.15, 0.2) is 17.1 Å². The minimum absolute atomic E-state index is 0.000837. The third kappa shape index (κ3) is 4.91. The molecule has 200 valence electrons. The van der Waals surface area contributed by atoms with E-state index in [1.165, 1.54) is 0 Å². The average Bonchev–Trinajstić information content (AvgIpc) is 3.58. The average molecular weight is 530 g/mol. The molecule has 0 spiro atoms. The van der Waals surface area contributed by atoms with Crippen molar-refractivity contribution in [3.05, 3.63) is 65.7 Å². The number of morpholine rings is 1. The molecule has 6 rings (SSSR count). The first-order valence-corrected chi connectivity index (χ1v) is 12.6. The van der Waals surface area contributed by atoms with Gasteiger partial charge in [-0.2, -0.15) is 4.52 Å². The van der Waals surface area contributed by atoms with Crippen molar-refractivity contribution < 1.29 is 23.5 Å². The Morgan fingerprint density at radius 3 is 2.59 bits per heavy atom. The van der Waals surface area contributed by atoms with E-state index in [4.69, 9.17) is 18.7 Å². The minimum Gasteiger partial charge on any atom is -0.470 e. The van der Waals surface area contributed by atoms with E-state index in [-0.39, 0.29) is 31.3 Å². The fraction of sp³-hybridized carbons (Fsp3) is 0.333. The van der Waals surface area contributed by atoms with E-state index in [2.05, 4.69) is 25.4 Å². The number of methoxy groups -OCH3 is 1. The van der Waals surface area contributed by atoms with Crippen molar-refractivity contribution in [2.45, 2.75) is 39.3 Å². The van der Waals surface area contributed by atoms with Crippen LogP contribution in [0.3, 0.4) is 0 Å². The first-order chi connectivity index (χ1) is 19.0. The lowest BCUT2D eigenvalue weighted by Gasteiger charge is -2.35. The Bertz CT molecular complexity index is 1620. The summed E-state index contributed by atoms with van der Waals surface area (Å²) in [4.78, 5) is 19.2. The largest absolute Gasteiger partial charge is 0.470 e. The number of nitrogens with zero attached hydrogens (tertiary/aromatic N) is 7. The summed E-state index contributed by atoms with van der Waals surface area (Å²) in [6.45, 7) is 5.50. The van der Waals surface area contributed by atoms with Crippen LogP contribution in [0.15, 0.2) is 53.2 Å². The smallest absolute Gasteiger partial charge is 0.255 e. The van der Waals surface area contributed by atoms with Gasteiger partial charge >= 0.3 is 0 Å². The van der Waals surface area contributed by atoms with Crippen molar-refractivity contribution in [1.82, 2.24) is 34.9 Å². The molecule has 1 aromatic carbocycles. The highest BCUT2D eigenvalue weighted by atomic mass is 16.5. The molecule has 1 aliphatic rings. The van der Waals surface area contributed by atoms with E-state index < -0.39 is 0 Å². The Morgan fingerprint density at radius 2 is 1.85 bits per heavy atom. The van der Waals surface area contributed by atoms with Gasteiger partial charge in [-0.05, 0) is 32.0 Å². The molecule has 5 heterocycles. The van der Waals surface area contributed by atoms with E-state index in [9.17, 15) is 4.79 Å². The fourth-order valence-electron chi connectivity index (χ4n) is 4.75. The SMILES string of the molecule is COCc1cc(-c2nnc3c4ccccc4c(OCc4ccc(C(=O)N5CC(C)OC(C)C5)cn4)nn23)no1. The van der Waals surface area contributed by atoms with Crippen LogP contribution < -0.4 is 4.74 Å². The number of pyridine rings is 1. The van der Waals surface area contributed by atoms with Gasteiger partial charge in [-0.3, -0.25) is 9.78 Å². The van der Waals surface area contributed by atoms with Gasteiger partial charge in [0.2, 0.25) is 11.7 Å². The molecule has 2 atom stereocenters. The van der Waals surface area contributed by atoms with Crippen molar-refractivity contribution in [3.63, 3.8) is 0 Å². The Labute approximate surface area is 223 Å². The zero-order valence-electron chi connectivity index (χ0n) is 21.8. The number of rotatable bonds is 7. The van der Waals surface area contributed by atoms with Crippen molar-refractivity contribution in [1.29, 1.82) is 0 Å². The van der Waals surface area contributed by atoms with Gasteiger partial charge in [-0.15, -0.1) is 15.3 Å². The maximum Gasteiger partial charge on any atom is 0.255 e. The van der Waals surface area contributed by atoms with Crippen LogP contribution in [-0.4, -0.2) is 73.2 Å². The monoisotopic (exact) mass is 529 g/mol. The van der Waals surface area contributed by atoms with Crippen LogP contribution in [0.4, 0.5) is 0 Å². The van der Waals surface area contributed by atoms with Crippen LogP contribution in [-0.2, 0) is 22.7 Å². The minimum atomic E-state index is -0.0586. The van der Waals surface area contributed by atoms with Crippen molar-refractivity contribution in [2.24, 2.45) is 0 Å². The number of hydrogen-bond acceptors (Lipinski definition) is 10. The number of aromatic nitrogens is 6. The summed E-state index contributed by atoms with van der Waals surface area (Å²) in [7, 11) is 1.58. The Morgan fingerprint density at radius 1 is 1.05 bits per heavy atom. The molecule has 1 amide bonds. The third-order valence-electron chi connectivity index (χ3n) is 6.44. The van der Waals surface area contributed by atoms with Crippen LogP contribution in [0, 0.1) is 0 Å². The fourth-order valence-corrected chi connectivity index (χ4v) is 4.75. The highest BCUT2D eigenvalue weighted by Crippen LogP contribution is 2.29. The standard InChI is InChI=1S/C27H27N7O5/c1-16-12-33(13-17(2)38-16)27(35)18-8-9-19(28-11-18)14-37-26-22-7-5-4-6-21(22)24-29-30-25(34(24)31-26)23-10-20(15-36-3)39-32-23/h4-11,16-17H,12-15H2,1-3H3. The molecule has 0 bridgehead atoms. The molecule has 0 aliphatic carbocycles. The van der Waals surface area contributed by atoms with Gasteiger partial charge in [0, 0.05) is 43.2 Å². The van der Waals surface area contributed by atoms with E-state index in [0.29, 0.717) is 53.2 Å².